The maximum Gasteiger partial charge on any atom is 0.222 e. The van der Waals surface area contributed by atoms with Gasteiger partial charge in [-0.3, -0.25) is 4.79 Å². The van der Waals surface area contributed by atoms with Crippen LogP contribution in [0, 0.1) is 5.82 Å². The molecule has 1 aromatic heterocycles. The zero-order valence-electron chi connectivity index (χ0n) is 14.5. The van der Waals surface area contributed by atoms with Crippen LogP contribution < -0.4 is 5.32 Å². The minimum atomic E-state index is -0.279. The summed E-state index contributed by atoms with van der Waals surface area (Å²) in [6.07, 6.45) is 2.74. The molecule has 1 aliphatic rings. The van der Waals surface area contributed by atoms with Gasteiger partial charge >= 0.3 is 0 Å². The van der Waals surface area contributed by atoms with E-state index >= 15 is 0 Å². The average Bonchev–Trinajstić information content (AvgIpc) is 3.38. The maximum absolute atomic E-state index is 14.1. The van der Waals surface area contributed by atoms with Crippen molar-refractivity contribution in [2.45, 2.75) is 38.3 Å². The first-order valence-corrected chi connectivity index (χ1v) is 9.64. The van der Waals surface area contributed by atoms with Crippen LogP contribution in [-0.2, 0) is 17.8 Å². The Morgan fingerprint density at radius 3 is 2.70 bits per heavy atom. The number of aryl methyl sites for hydroxylation is 1. The van der Waals surface area contributed by atoms with Gasteiger partial charge in [-0.05, 0) is 36.6 Å². The predicted molar refractivity (Wildman–Crippen MR) is 105 cm³/mol. The van der Waals surface area contributed by atoms with Gasteiger partial charge in [-0.25, -0.2) is 9.37 Å². The number of hydrogen-bond acceptors (Lipinski definition) is 2. The molecule has 7 heteroatoms. The summed E-state index contributed by atoms with van der Waals surface area (Å²) in [5.41, 5.74) is 2.02. The number of carbonyl (C=O) groups is 1. The molecule has 0 radical (unpaired) electrons. The fourth-order valence-corrected chi connectivity index (χ4v) is 3.42. The van der Waals surface area contributed by atoms with Crippen molar-refractivity contribution in [2.75, 3.05) is 0 Å². The first kappa shape index (κ1) is 18.3. The Morgan fingerprint density at radius 2 is 1.96 bits per heavy atom. The van der Waals surface area contributed by atoms with E-state index < -0.39 is 0 Å². The number of amides is 1. The monoisotopic (exact) mass is 405 g/mol. The van der Waals surface area contributed by atoms with Gasteiger partial charge in [-0.15, -0.1) is 0 Å². The largest absolute Gasteiger partial charge is 0.353 e. The lowest BCUT2D eigenvalue weighted by Gasteiger charge is -2.10. The van der Waals surface area contributed by atoms with Crippen molar-refractivity contribution >= 4 is 40.1 Å². The summed E-state index contributed by atoms with van der Waals surface area (Å²) in [4.78, 5) is 16.7. The van der Waals surface area contributed by atoms with Crippen LogP contribution in [0.3, 0.4) is 0 Å². The van der Waals surface area contributed by atoms with E-state index in [9.17, 15) is 9.18 Å². The summed E-state index contributed by atoms with van der Waals surface area (Å²) >= 11 is 12.3. The number of aromatic nitrogens is 2. The quantitative estimate of drug-likeness (QED) is 0.643. The summed E-state index contributed by atoms with van der Waals surface area (Å²) in [5.74, 6) is 0.405. The molecule has 1 amide bonds. The first-order valence-electron chi connectivity index (χ1n) is 8.88. The van der Waals surface area contributed by atoms with Gasteiger partial charge in [0.2, 0.25) is 5.91 Å². The molecule has 0 unspecified atom stereocenters. The van der Waals surface area contributed by atoms with Gasteiger partial charge < -0.3 is 9.88 Å². The molecule has 1 saturated carbocycles. The number of nitrogens with one attached hydrogen (secondary N) is 1. The van der Waals surface area contributed by atoms with Crippen LogP contribution in [0.5, 0.6) is 0 Å². The third kappa shape index (κ3) is 4.09. The zero-order valence-corrected chi connectivity index (χ0v) is 16.0. The molecule has 4 rings (SSSR count). The minimum Gasteiger partial charge on any atom is -0.353 e. The van der Waals surface area contributed by atoms with Crippen LogP contribution in [0.1, 0.15) is 30.7 Å². The summed E-state index contributed by atoms with van der Waals surface area (Å²) in [5, 5.41) is 3.82. The van der Waals surface area contributed by atoms with Crippen LogP contribution in [-0.4, -0.2) is 21.5 Å². The summed E-state index contributed by atoms with van der Waals surface area (Å²) < 4.78 is 16.0. The number of carbonyl (C=O) groups excluding carboxylic acids is 1. The highest BCUT2D eigenvalue weighted by atomic mass is 35.5. The third-order valence-electron chi connectivity index (χ3n) is 4.68. The first-order chi connectivity index (χ1) is 13.0. The Kier molecular flexibility index (Phi) is 5.06. The molecule has 3 aromatic rings. The number of benzene rings is 2. The highest BCUT2D eigenvalue weighted by Gasteiger charge is 2.23. The molecule has 1 heterocycles. The van der Waals surface area contributed by atoms with Crippen LogP contribution in [0.15, 0.2) is 36.4 Å². The van der Waals surface area contributed by atoms with Crippen molar-refractivity contribution in [3.05, 3.63) is 63.6 Å². The number of fused-ring (bicyclic) bond motifs is 1. The second-order valence-electron chi connectivity index (χ2n) is 6.79. The van der Waals surface area contributed by atoms with Gasteiger partial charge in [-0.2, -0.15) is 0 Å². The van der Waals surface area contributed by atoms with E-state index in [2.05, 4.69) is 10.3 Å². The molecule has 140 valence electrons. The van der Waals surface area contributed by atoms with Crippen molar-refractivity contribution < 1.29 is 9.18 Å². The lowest BCUT2D eigenvalue weighted by atomic mass is 10.1. The summed E-state index contributed by atoms with van der Waals surface area (Å²) in [7, 11) is 0. The molecule has 0 bridgehead atoms. The van der Waals surface area contributed by atoms with E-state index in [1.165, 1.54) is 6.07 Å². The molecular formula is C20H18Cl2FN3O. The number of nitrogens with zero attached hydrogens (tertiary/aromatic N) is 2. The van der Waals surface area contributed by atoms with Crippen molar-refractivity contribution in [1.82, 2.24) is 14.9 Å². The van der Waals surface area contributed by atoms with Gasteiger partial charge in [0, 0.05) is 25.4 Å². The fourth-order valence-electron chi connectivity index (χ4n) is 3.11. The van der Waals surface area contributed by atoms with E-state index in [1.807, 2.05) is 4.57 Å². The second-order valence-corrected chi connectivity index (χ2v) is 7.61. The molecule has 2 aromatic carbocycles. The van der Waals surface area contributed by atoms with Crippen LogP contribution in [0.2, 0.25) is 10.0 Å². The van der Waals surface area contributed by atoms with Gasteiger partial charge in [0.05, 0.1) is 21.1 Å². The molecule has 1 aliphatic carbocycles. The molecule has 4 nitrogen and oxygen atoms in total. The molecule has 0 atom stereocenters. The lowest BCUT2D eigenvalue weighted by molar-refractivity contribution is -0.121. The second kappa shape index (κ2) is 7.49. The van der Waals surface area contributed by atoms with E-state index in [4.69, 9.17) is 23.2 Å². The summed E-state index contributed by atoms with van der Waals surface area (Å²) in [6, 6.07) is 10.4. The van der Waals surface area contributed by atoms with E-state index in [-0.39, 0.29) is 11.7 Å². The average molecular weight is 406 g/mol. The number of hydrogen-bond donors (Lipinski definition) is 1. The molecule has 0 aliphatic heterocycles. The van der Waals surface area contributed by atoms with Crippen LogP contribution in [0.25, 0.3) is 11.0 Å². The fraction of sp³-hybridized carbons (Fsp3) is 0.300. The Morgan fingerprint density at radius 1 is 1.22 bits per heavy atom. The molecule has 27 heavy (non-hydrogen) atoms. The SMILES string of the molecule is O=C(CCn1c(Cc2ccccc2F)nc2cc(Cl)c(Cl)cc21)NC1CC1. The molecule has 1 fully saturated rings. The van der Waals surface area contributed by atoms with Crippen molar-refractivity contribution in [2.24, 2.45) is 0 Å². The minimum absolute atomic E-state index is 0.0104. The van der Waals surface area contributed by atoms with Crippen molar-refractivity contribution in [3.8, 4) is 0 Å². The van der Waals surface area contributed by atoms with E-state index in [0.717, 1.165) is 18.4 Å². The molecule has 0 saturated heterocycles. The van der Waals surface area contributed by atoms with Crippen molar-refractivity contribution in [3.63, 3.8) is 0 Å². The molecule has 0 spiro atoms. The highest BCUT2D eigenvalue weighted by molar-refractivity contribution is 6.42. The van der Waals surface area contributed by atoms with E-state index in [0.29, 0.717) is 52.4 Å². The van der Waals surface area contributed by atoms with Gasteiger partial charge in [0.15, 0.2) is 0 Å². The Labute approximate surface area is 166 Å². The van der Waals surface area contributed by atoms with Crippen LogP contribution in [0.4, 0.5) is 4.39 Å². The van der Waals surface area contributed by atoms with Gasteiger partial charge in [0.25, 0.3) is 0 Å². The Hall–Kier alpha value is -2.11. The predicted octanol–water partition coefficient (Wildman–Crippen LogP) is 4.74. The van der Waals surface area contributed by atoms with Crippen molar-refractivity contribution in [1.29, 1.82) is 0 Å². The molecular weight excluding hydrogens is 388 g/mol. The Balaban J connectivity index is 1.67. The third-order valence-corrected chi connectivity index (χ3v) is 5.40. The number of imidazole rings is 1. The standard InChI is InChI=1S/C20H18Cl2FN3O/c21-14-10-17-18(11-15(14)22)26(8-7-20(27)24-13-5-6-13)19(25-17)9-12-3-1-2-4-16(12)23/h1-4,10-11,13H,5-9H2,(H,24,27). The Bertz CT molecular complexity index is 1010. The topological polar surface area (TPSA) is 46.9 Å². The normalized spacial score (nSPS) is 13.9. The van der Waals surface area contributed by atoms with Gasteiger partial charge in [-0.1, -0.05) is 41.4 Å². The van der Waals surface area contributed by atoms with E-state index in [1.54, 1.807) is 30.3 Å². The smallest absolute Gasteiger partial charge is 0.222 e. The number of rotatable bonds is 6. The lowest BCUT2D eigenvalue weighted by Crippen LogP contribution is -2.26. The zero-order chi connectivity index (χ0) is 19.0. The molecule has 1 N–H and O–H groups in total. The van der Waals surface area contributed by atoms with Gasteiger partial charge in [0.1, 0.15) is 11.6 Å². The number of halogens is 3. The highest BCUT2D eigenvalue weighted by Crippen LogP contribution is 2.29. The maximum atomic E-state index is 14.1. The summed E-state index contributed by atoms with van der Waals surface area (Å²) in [6.45, 7) is 0.441. The van der Waals surface area contributed by atoms with Crippen LogP contribution >= 0.6 is 23.2 Å².